The van der Waals surface area contributed by atoms with Crippen molar-refractivity contribution in [1.29, 1.82) is 0 Å². The van der Waals surface area contributed by atoms with E-state index in [2.05, 4.69) is 0 Å². The van der Waals surface area contributed by atoms with Crippen LogP contribution >= 0.6 is 11.6 Å². The van der Waals surface area contributed by atoms with Crippen LogP contribution in [0.5, 0.6) is 5.75 Å². The van der Waals surface area contributed by atoms with E-state index in [0.29, 0.717) is 29.6 Å². The molecule has 102 valence electrons. The predicted molar refractivity (Wildman–Crippen MR) is 71.2 cm³/mol. The first-order valence-electron chi connectivity index (χ1n) is 6.52. The zero-order valence-electron chi connectivity index (χ0n) is 10.4. The number of fused-ring (bicyclic) bond motifs is 1. The number of likely N-dealkylation sites (tertiary alicyclic amines) is 1. The minimum absolute atomic E-state index is 0.0344. The van der Waals surface area contributed by atoms with Crippen LogP contribution in [-0.2, 0) is 0 Å². The van der Waals surface area contributed by atoms with Crippen LogP contribution in [0.15, 0.2) is 18.2 Å². The van der Waals surface area contributed by atoms with Gasteiger partial charge >= 0.3 is 0 Å². The second-order valence-electron chi connectivity index (χ2n) is 5.44. The first-order valence-corrected chi connectivity index (χ1v) is 6.90. The van der Waals surface area contributed by atoms with Gasteiger partial charge < -0.3 is 15.1 Å². The number of hydrogen-bond acceptors (Lipinski definition) is 3. The number of hydrogen-bond donors (Lipinski definition) is 2. The molecule has 0 aromatic heterocycles. The maximum absolute atomic E-state index is 12.4. The van der Waals surface area contributed by atoms with Gasteiger partial charge in [0, 0.05) is 19.0 Å². The number of phenolic OH excluding ortho intramolecular Hbond substituents is 1. The van der Waals surface area contributed by atoms with Crippen molar-refractivity contribution in [3.63, 3.8) is 0 Å². The van der Waals surface area contributed by atoms with Crippen LogP contribution in [0.2, 0.25) is 5.02 Å². The van der Waals surface area contributed by atoms with Gasteiger partial charge in [0.15, 0.2) is 0 Å². The standard InChI is InChI=1S/C14H16ClNO3/c15-12-3-2-9(17)5-10(12)14(19)16-6-8-1-4-13(18)11(8)7-16/h2-3,5,8,11,13,17-18H,1,4,6-7H2. The van der Waals surface area contributed by atoms with Gasteiger partial charge in [0.25, 0.3) is 5.91 Å². The molecule has 5 heteroatoms. The van der Waals surface area contributed by atoms with Crippen molar-refractivity contribution in [1.82, 2.24) is 4.90 Å². The molecule has 1 aromatic rings. The van der Waals surface area contributed by atoms with Crippen molar-refractivity contribution in [2.45, 2.75) is 18.9 Å². The Hall–Kier alpha value is -1.26. The molecule has 4 nitrogen and oxygen atoms in total. The Kier molecular flexibility index (Phi) is 3.15. The van der Waals surface area contributed by atoms with E-state index < -0.39 is 0 Å². The van der Waals surface area contributed by atoms with Gasteiger partial charge in [0.1, 0.15) is 5.75 Å². The van der Waals surface area contributed by atoms with Gasteiger partial charge in [-0.1, -0.05) is 11.6 Å². The molecule has 1 aliphatic carbocycles. The fraction of sp³-hybridized carbons (Fsp3) is 0.500. The van der Waals surface area contributed by atoms with E-state index in [1.807, 2.05) is 0 Å². The summed E-state index contributed by atoms with van der Waals surface area (Å²) in [6, 6.07) is 4.38. The Bertz CT molecular complexity index is 519. The zero-order valence-corrected chi connectivity index (χ0v) is 11.2. The highest BCUT2D eigenvalue weighted by atomic mass is 35.5. The van der Waals surface area contributed by atoms with Gasteiger partial charge in [-0.25, -0.2) is 0 Å². The molecular formula is C14H16ClNO3. The minimum Gasteiger partial charge on any atom is -0.508 e. The third kappa shape index (κ3) is 2.19. The lowest BCUT2D eigenvalue weighted by molar-refractivity contribution is 0.0752. The molecule has 1 aromatic carbocycles. The lowest BCUT2D eigenvalue weighted by Gasteiger charge is -2.19. The highest BCUT2D eigenvalue weighted by molar-refractivity contribution is 6.33. The fourth-order valence-corrected chi connectivity index (χ4v) is 3.45. The molecule has 1 amide bonds. The number of nitrogens with zero attached hydrogens (tertiary/aromatic N) is 1. The van der Waals surface area contributed by atoms with Crippen LogP contribution < -0.4 is 0 Å². The number of carbonyl (C=O) groups is 1. The van der Waals surface area contributed by atoms with E-state index in [1.54, 1.807) is 4.90 Å². The average Bonchev–Trinajstić information content (AvgIpc) is 2.94. The molecule has 3 atom stereocenters. The maximum atomic E-state index is 12.4. The Morgan fingerprint density at radius 2 is 2.11 bits per heavy atom. The van der Waals surface area contributed by atoms with Gasteiger partial charge in [-0.05, 0) is 37.0 Å². The topological polar surface area (TPSA) is 60.8 Å². The van der Waals surface area contributed by atoms with E-state index in [0.717, 1.165) is 12.8 Å². The van der Waals surface area contributed by atoms with Crippen LogP contribution in [-0.4, -0.2) is 40.2 Å². The number of amides is 1. The van der Waals surface area contributed by atoms with E-state index in [1.165, 1.54) is 18.2 Å². The lowest BCUT2D eigenvalue weighted by Crippen LogP contribution is -2.31. The van der Waals surface area contributed by atoms with Gasteiger partial charge in [-0.15, -0.1) is 0 Å². The summed E-state index contributed by atoms with van der Waals surface area (Å²) in [5.41, 5.74) is 0.330. The van der Waals surface area contributed by atoms with Crippen molar-refractivity contribution >= 4 is 17.5 Å². The quantitative estimate of drug-likeness (QED) is 0.826. The normalized spacial score (nSPS) is 29.6. The number of aliphatic hydroxyl groups excluding tert-OH is 1. The summed E-state index contributed by atoms with van der Waals surface area (Å²) < 4.78 is 0. The number of phenols is 1. The first-order chi connectivity index (χ1) is 9.06. The number of carbonyl (C=O) groups excluding carboxylic acids is 1. The minimum atomic E-state index is -0.289. The largest absolute Gasteiger partial charge is 0.508 e. The molecule has 1 saturated carbocycles. The van der Waals surface area contributed by atoms with Gasteiger partial charge in [-0.3, -0.25) is 4.79 Å². The Morgan fingerprint density at radius 3 is 2.84 bits per heavy atom. The number of aliphatic hydroxyl groups is 1. The molecule has 19 heavy (non-hydrogen) atoms. The molecule has 1 saturated heterocycles. The van der Waals surface area contributed by atoms with Gasteiger partial charge in [0.2, 0.25) is 0 Å². The molecule has 2 aliphatic rings. The second-order valence-corrected chi connectivity index (χ2v) is 5.85. The van der Waals surface area contributed by atoms with E-state index in [-0.39, 0.29) is 23.7 Å². The third-order valence-electron chi connectivity index (χ3n) is 4.29. The molecule has 2 fully saturated rings. The maximum Gasteiger partial charge on any atom is 0.255 e. The number of benzene rings is 1. The molecule has 0 bridgehead atoms. The Labute approximate surface area is 116 Å². The van der Waals surface area contributed by atoms with Crippen molar-refractivity contribution in [2.75, 3.05) is 13.1 Å². The summed E-state index contributed by atoms with van der Waals surface area (Å²) in [6.45, 7) is 1.25. The highest BCUT2D eigenvalue weighted by Gasteiger charge is 2.43. The molecule has 1 aliphatic heterocycles. The molecule has 0 radical (unpaired) electrons. The monoisotopic (exact) mass is 281 g/mol. The van der Waals surface area contributed by atoms with Gasteiger partial charge in [0.05, 0.1) is 16.7 Å². The smallest absolute Gasteiger partial charge is 0.255 e. The van der Waals surface area contributed by atoms with Crippen LogP contribution in [0.1, 0.15) is 23.2 Å². The summed E-state index contributed by atoms with van der Waals surface area (Å²) >= 11 is 6.01. The zero-order chi connectivity index (χ0) is 13.6. The SMILES string of the molecule is O=C(c1cc(O)ccc1Cl)N1CC2CCC(O)C2C1. The van der Waals surface area contributed by atoms with Crippen molar-refractivity contribution in [2.24, 2.45) is 11.8 Å². The predicted octanol–water partition coefficient (Wildman–Crippen LogP) is 1.89. The van der Waals surface area contributed by atoms with Crippen LogP contribution in [0.25, 0.3) is 0 Å². The fourth-order valence-electron chi connectivity index (χ4n) is 3.25. The summed E-state index contributed by atoms with van der Waals surface area (Å²) in [5, 5.41) is 19.7. The number of rotatable bonds is 1. The third-order valence-corrected chi connectivity index (χ3v) is 4.62. The van der Waals surface area contributed by atoms with E-state index in [9.17, 15) is 15.0 Å². The molecule has 1 heterocycles. The lowest BCUT2D eigenvalue weighted by atomic mass is 10.00. The average molecular weight is 282 g/mol. The Morgan fingerprint density at radius 1 is 1.32 bits per heavy atom. The van der Waals surface area contributed by atoms with Crippen molar-refractivity contribution in [3.05, 3.63) is 28.8 Å². The summed E-state index contributed by atoms with van der Waals surface area (Å²) in [5.74, 6) is 0.463. The molecule has 0 spiro atoms. The molecular weight excluding hydrogens is 266 g/mol. The molecule has 3 unspecified atom stereocenters. The number of aromatic hydroxyl groups is 1. The van der Waals surface area contributed by atoms with Gasteiger partial charge in [-0.2, -0.15) is 0 Å². The Balaban J connectivity index is 1.80. The number of halogens is 1. The van der Waals surface area contributed by atoms with Crippen molar-refractivity contribution < 1.29 is 15.0 Å². The summed E-state index contributed by atoms with van der Waals surface area (Å²) in [6.07, 6.45) is 1.52. The van der Waals surface area contributed by atoms with Crippen LogP contribution in [0.4, 0.5) is 0 Å². The van der Waals surface area contributed by atoms with E-state index >= 15 is 0 Å². The molecule has 2 N–H and O–H groups in total. The van der Waals surface area contributed by atoms with Crippen molar-refractivity contribution in [3.8, 4) is 5.75 Å². The highest BCUT2D eigenvalue weighted by Crippen LogP contribution is 2.39. The second kappa shape index (κ2) is 4.69. The molecule has 3 rings (SSSR count). The first kappa shape index (κ1) is 12.8. The summed E-state index contributed by atoms with van der Waals surface area (Å²) in [7, 11) is 0. The van der Waals surface area contributed by atoms with Crippen LogP contribution in [0.3, 0.4) is 0 Å². The summed E-state index contributed by atoms with van der Waals surface area (Å²) in [4.78, 5) is 14.1. The van der Waals surface area contributed by atoms with Crippen LogP contribution in [0, 0.1) is 11.8 Å². The van der Waals surface area contributed by atoms with E-state index in [4.69, 9.17) is 11.6 Å².